The molecule has 17 heavy (non-hydrogen) atoms. The minimum Gasteiger partial charge on any atom is -0.398 e. The zero-order chi connectivity index (χ0) is 12.1. The summed E-state index contributed by atoms with van der Waals surface area (Å²) in [5.41, 5.74) is 7.78. The molecule has 1 aromatic carbocycles. The van der Waals surface area contributed by atoms with Gasteiger partial charge in [0.15, 0.2) is 0 Å². The molecule has 0 heterocycles. The van der Waals surface area contributed by atoms with Gasteiger partial charge in [-0.1, -0.05) is 37.8 Å². The first-order valence-corrected chi connectivity index (χ1v) is 7.21. The van der Waals surface area contributed by atoms with Crippen LogP contribution in [0.2, 0.25) is 0 Å². The monoisotopic (exact) mass is 297 g/mol. The van der Waals surface area contributed by atoms with Gasteiger partial charge in [-0.25, -0.2) is 0 Å². The zero-order valence-electron chi connectivity index (χ0n) is 10.1. The Balaban J connectivity index is 1.90. The lowest BCUT2D eigenvalue weighted by Gasteiger charge is -2.16. The maximum Gasteiger partial charge on any atom is 0.0732 e. The number of nitrogens with two attached hydrogens (primary N) is 1. The largest absolute Gasteiger partial charge is 0.398 e. The summed E-state index contributed by atoms with van der Waals surface area (Å²) in [5.74, 6) is 0. The van der Waals surface area contributed by atoms with E-state index in [1.807, 2.05) is 12.1 Å². The summed E-state index contributed by atoms with van der Waals surface area (Å²) in [6.45, 7) is 0.663. The van der Waals surface area contributed by atoms with E-state index in [9.17, 15) is 0 Å². The highest BCUT2D eigenvalue weighted by atomic mass is 79.9. The number of rotatable bonds is 3. The number of halogens is 1. The molecule has 0 spiro atoms. The summed E-state index contributed by atoms with van der Waals surface area (Å²) in [6, 6.07) is 5.95. The molecule has 1 aliphatic rings. The summed E-state index contributed by atoms with van der Waals surface area (Å²) >= 11 is 3.52. The van der Waals surface area contributed by atoms with Gasteiger partial charge in [-0.05, 0) is 40.4 Å². The molecule has 2 nitrogen and oxygen atoms in total. The summed E-state index contributed by atoms with van der Waals surface area (Å²) in [4.78, 5) is 0. The highest BCUT2D eigenvalue weighted by molar-refractivity contribution is 9.10. The van der Waals surface area contributed by atoms with Gasteiger partial charge in [0.05, 0.1) is 12.7 Å². The maximum absolute atomic E-state index is 6.00. The van der Waals surface area contributed by atoms with E-state index in [1.54, 1.807) is 0 Å². The second kappa shape index (κ2) is 6.41. The van der Waals surface area contributed by atoms with Crippen LogP contribution in [0.5, 0.6) is 0 Å². The van der Waals surface area contributed by atoms with Crippen molar-refractivity contribution in [1.29, 1.82) is 0 Å². The topological polar surface area (TPSA) is 35.2 Å². The quantitative estimate of drug-likeness (QED) is 0.668. The molecule has 0 bridgehead atoms. The first-order valence-electron chi connectivity index (χ1n) is 6.42. The Kier molecular flexibility index (Phi) is 4.86. The summed E-state index contributed by atoms with van der Waals surface area (Å²) in [7, 11) is 0. The molecule has 0 atom stereocenters. The fourth-order valence-corrected chi connectivity index (χ4v) is 2.71. The van der Waals surface area contributed by atoms with Gasteiger partial charge in [0.1, 0.15) is 0 Å². The highest BCUT2D eigenvalue weighted by Crippen LogP contribution is 2.26. The van der Waals surface area contributed by atoms with E-state index >= 15 is 0 Å². The minimum absolute atomic E-state index is 0.436. The Hall–Kier alpha value is -0.540. The Morgan fingerprint density at radius 2 is 1.88 bits per heavy atom. The minimum atomic E-state index is 0.436. The molecule has 0 amide bonds. The summed E-state index contributed by atoms with van der Waals surface area (Å²) in [5, 5.41) is 0. The molecular weight excluding hydrogens is 278 g/mol. The first-order chi connectivity index (χ1) is 8.27. The number of hydrogen-bond donors (Lipinski definition) is 1. The van der Waals surface area contributed by atoms with E-state index < -0.39 is 0 Å². The molecular formula is C14H20BrNO. The number of benzene rings is 1. The average molecular weight is 298 g/mol. The molecule has 2 N–H and O–H groups in total. The van der Waals surface area contributed by atoms with Gasteiger partial charge in [-0.15, -0.1) is 0 Å². The lowest BCUT2D eigenvalue weighted by Crippen LogP contribution is -2.11. The van der Waals surface area contributed by atoms with Gasteiger partial charge < -0.3 is 10.5 Å². The number of ether oxygens (including phenoxy) is 1. The normalized spacial score (nSPS) is 17.9. The van der Waals surface area contributed by atoms with Crippen LogP contribution in [-0.4, -0.2) is 6.10 Å². The molecule has 1 fully saturated rings. The van der Waals surface area contributed by atoms with Crippen LogP contribution in [0, 0.1) is 0 Å². The second-order valence-electron chi connectivity index (χ2n) is 4.74. The van der Waals surface area contributed by atoms with E-state index in [0.29, 0.717) is 12.7 Å². The van der Waals surface area contributed by atoms with Crippen LogP contribution in [0.3, 0.4) is 0 Å². The van der Waals surface area contributed by atoms with Crippen LogP contribution in [0.25, 0.3) is 0 Å². The summed E-state index contributed by atoms with van der Waals surface area (Å²) < 4.78 is 6.98. The fourth-order valence-electron chi connectivity index (χ4n) is 2.33. The van der Waals surface area contributed by atoms with Gasteiger partial charge in [-0.3, -0.25) is 0 Å². The highest BCUT2D eigenvalue weighted by Gasteiger charge is 2.13. The van der Waals surface area contributed by atoms with Gasteiger partial charge in [0.25, 0.3) is 0 Å². The van der Waals surface area contributed by atoms with Crippen molar-refractivity contribution in [2.75, 3.05) is 5.73 Å². The van der Waals surface area contributed by atoms with Gasteiger partial charge >= 0.3 is 0 Å². The molecule has 1 aliphatic carbocycles. The average Bonchev–Trinajstić information content (AvgIpc) is 2.59. The third kappa shape index (κ3) is 3.71. The van der Waals surface area contributed by atoms with Crippen molar-refractivity contribution in [1.82, 2.24) is 0 Å². The molecule has 0 unspecified atom stereocenters. The zero-order valence-corrected chi connectivity index (χ0v) is 11.7. The third-order valence-electron chi connectivity index (χ3n) is 3.39. The van der Waals surface area contributed by atoms with Crippen molar-refractivity contribution in [3.8, 4) is 0 Å². The Morgan fingerprint density at radius 1 is 1.18 bits per heavy atom. The van der Waals surface area contributed by atoms with Crippen LogP contribution in [0.15, 0.2) is 22.7 Å². The lowest BCUT2D eigenvalue weighted by molar-refractivity contribution is 0.0307. The molecule has 2 rings (SSSR count). The van der Waals surface area contributed by atoms with E-state index in [0.717, 1.165) is 15.7 Å². The molecule has 94 valence electrons. The van der Waals surface area contributed by atoms with Gasteiger partial charge in [0.2, 0.25) is 0 Å². The fraction of sp³-hybridized carbons (Fsp3) is 0.571. The third-order valence-corrected chi connectivity index (χ3v) is 4.35. The van der Waals surface area contributed by atoms with Crippen LogP contribution in [0.4, 0.5) is 5.69 Å². The molecule has 0 aliphatic heterocycles. The molecule has 0 radical (unpaired) electrons. The number of hydrogen-bond acceptors (Lipinski definition) is 2. The maximum atomic E-state index is 6.00. The smallest absolute Gasteiger partial charge is 0.0732 e. The van der Waals surface area contributed by atoms with Crippen LogP contribution >= 0.6 is 15.9 Å². The predicted octanol–water partition coefficient (Wildman–Crippen LogP) is 4.27. The van der Waals surface area contributed by atoms with Crippen LogP contribution in [-0.2, 0) is 11.3 Å². The van der Waals surface area contributed by atoms with Gasteiger partial charge in [-0.2, -0.15) is 0 Å². The van der Waals surface area contributed by atoms with Crippen LogP contribution < -0.4 is 5.73 Å². The predicted molar refractivity (Wildman–Crippen MR) is 74.8 cm³/mol. The second-order valence-corrected chi connectivity index (χ2v) is 5.54. The molecule has 1 aromatic rings. The van der Waals surface area contributed by atoms with E-state index in [1.165, 1.54) is 38.5 Å². The SMILES string of the molecule is Nc1cccc(COC2CCCCCC2)c1Br. The van der Waals surface area contributed by atoms with E-state index in [-0.39, 0.29) is 0 Å². The Bertz CT molecular complexity index is 359. The van der Waals surface area contributed by atoms with Crippen molar-refractivity contribution in [3.05, 3.63) is 28.2 Å². The van der Waals surface area contributed by atoms with E-state index in [2.05, 4.69) is 22.0 Å². The molecule has 0 aromatic heterocycles. The van der Waals surface area contributed by atoms with E-state index in [4.69, 9.17) is 10.5 Å². The first kappa shape index (κ1) is 12.9. The van der Waals surface area contributed by atoms with Crippen molar-refractivity contribution in [2.24, 2.45) is 0 Å². The van der Waals surface area contributed by atoms with Crippen molar-refractivity contribution in [3.63, 3.8) is 0 Å². The number of anilines is 1. The standard InChI is InChI=1S/C14H20BrNO/c15-14-11(6-5-9-13(14)16)10-17-12-7-3-1-2-4-8-12/h5-6,9,12H,1-4,7-8,10,16H2. The lowest BCUT2D eigenvalue weighted by atomic mass is 10.1. The van der Waals surface area contributed by atoms with Crippen molar-refractivity contribution < 1.29 is 4.74 Å². The van der Waals surface area contributed by atoms with Crippen LogP contribution in [0.1, 0.15) is 44.1 Å². The van der Waals surface area contributed by atoms with Crippen molar-refractivity contribution in [2.45, 2.75) is 51.2 Å². The number of nitrogen functional groups attached to an aromatic ring is 1. The van der Waals surface area contributed by atoms with Crippen molar-refractivity contribution >= 4 is 21.6 Å². The molecule has 1 saturated carbocycles. The molecule has 3 heteroatoms. The molecule has 0 saturated heterocycles. The van der Waals surface area contributed by atoms with Gasteiger partial charge in [0, 0.05) is 10.2 Å². The Labute approximate surface area is 112 Å². The Morgan fingerprint density at radius 3 is 2.59 bits per heavy atom. The summed E-state index contributed by atoms with van der Waals surface area (Å²) in [6.07, 6.45) is 8.19.